The molecule has 0 unspecified atom stereocenters. The van der Waals surface area contributed by atoms with Crippen molar-refractivity contribution >= 4 is 11.9 Å². The van der Waals surface area contributed by atoms with Gasteiger partial charge in [-0.1, -0.05) is 0 Å². The molecule has 0 bridgehead atoms. The van der Waals surface area contributed by atoms with E-state index in [4.69, 9.17) is 10.2 Å². The minimum Gasteiger partial charge on any atom is -0.481 e. The van der Waals surface area contributed by atoms with Crippen LogP contribution in [0.1, 0.15) is 23.4 Å². The lowest BCUT2D eigenvalue weighted by atomic mass is 10.1. The third-order valence-corrected chi connectivity index (χ3v) is 2.06. The summed E-state index contributed by atoms with van der Waals surface area (Å²) in [6, 6.07) is 0. The average Bonchev–Trinajstić information content (AvgIpc) is 2.44. The topological polar surface area (TPSA) is 103 Å². The van der Waals surface area contributed by atoms with Gasteiger partial charge in [-0.05, 0) is 6.92 Å². The normalized spacial score (nSPS) is 10.2. The monoisotopic (exact) mass is 212 g/mol. The lowest BCUT2D eigenvalue weighted by molar-refractivity contribution is -0.137. The molecule has 0 saturated heterocycles. The molecule has 6 nitrogen and oxygen atoms in total. The van der Waals surface area contributed by atoms with Crippen LogP contribution < -0.4 is 0 Å². The minimum absolute atomic E-state index is 0.0447. The number of carbonyl (C=O) groups is 2. The molecule has 0 atom stereocenters. The first-order valence-corrected chi connectivity index (χ1v) is 4.47. The van der Waals surface area contributed by atoms with E-state index in [0.29, 0.717) is 17.0 Å². The van der Waals surface area contributed by atoms with Gasteiger partial charge in [0.25, 0.3) is 0 Å². The molecule has 82 valence electrons. The maximum absolute atomic E-state index is 10.6. The van der Waals surface area contributed by atoms with E-state index in [9.17, 15) is 9.59 Å². The fraction of sp³-hybridized carbons (Fsp3) is 0.444. The molecule has 15 heavy (non-hydrogen) atoms. The molecule has 3 N–H and O–H groups in total. The van der Waals surface area contributed by atoms with Crippen LogP contribution in [0.5, 0.6) is 0 Å². The highest BCUT2D eigenvalue weighted by Gasteiger charge is 2.14. The number of carboxylic acid groups (broad SMARTS) is 2. The number of aryl methyl sites for hydroxylation is 2. The molecule has 1 rings (SSSR count). The molecule has 0 spiro atoms. The third kappa shape index (κ3) is 3.08. The van der Waals surface area contributed by atoms with Crippen LogP contribution in [0.3, 0.4) is 0 Å². The second-order valence-electron chi connectivity index (χ2n) is 3.24. The highest BCUT2D eigenvalue weighted by atomic mass is 16.4. The van der Waals surface area contributed by atoms with Crippen molar-refractivity contribution in [3.63, 3.8) is 0 Å². The summed E-state index contributed by atoms with van der Waals surface area (Å²) < 4.78 is 0. The van der Waals surface area contributed by atoms with Gasteiger partial charge in [-0.25, -0.2) is 0 Å². The largest absolute Gasteiger partial charge is 0.481 e. The molecule has 6 heteroatoms. The summed E-state index contributed by atoms with van der Waals surface area (Å²) in [5.74, 6) is -1.87. The van der Waals surface area contributed by atoms with Crippen molar-refractivity contribution in [1.82, 2.24) is 10.2 Å². The summed E-state index contributed by atoms with van der Waals surface area (Å²) in [5, 5.41) is 23.7. The van der Waals surface area contributed by atoms with Crippen molar-refractivity contribution in [1.29, 1.82) is 0 Å². The van der Waals surface area contributed by atoms with Gasteiger partial charge in [0.15, 0.2) is 0 Å². The average molecular weight is 212 g/mol. The summed E-state index contributed by atoms with van der Waals surface area (Å²) in [7, 11) is 0. The van der Waals surface area contributed by atoms with Crippen molar-refractivity contribution in [2.45, 2.75) is 26.2 Å². The van der Waals surface area contributed by atoms with E-state index in [2.05, 4.69) is 10.2 Å². The van der Waals surface area contributed by atoms with Crippen LogP contribution >= 0.6 is 0 Å². The maximum atomic E-state index is 10.6. The van der Waals surface area contributed by atoms with Gasteiger partial charge in [-0.15, -0.1) is 0 Å². The Labute approximate surface area is 85.9 Å². The molecule has 0 aliphatic carbocycles. The molecule has 1 aromatic rings. The van der Waals surface area contributed by atoms with Gasteiger partial charge >= 0.3 is 11.9 Å². The number of aliphatic carboxylic acids is 2. The van der Waals surface area contributed by atoms with E-state index in [1.807, 2.05) is 0 Å². The van der Waals surface area contributed by atoms with Crippen LogP contribution in [0.4, 0.5) is 0 Å². The number of hydrogen-bond donors (Lipinski definition) is 3. The Bertz CT molecular complexity index is 383. The first-order chi connectivity index (χ1) is 7.00. The Balaban J connectivity index is 2.78. The van der Waals surface area contributed by atoms with Gasteiger partial charge in [0, 0.05) is 17.7 Å². The Morgan fingerprint density at radius 3 is 2.53 bits per heavy atom. The van der Waals surface area contributed by atoms with Crippen LogP contribution in [-0.2, 0) is 22.4 Å². The van der Waals surface area contributed by atoms with E-state index in [1.54, 1.807) is 6.92 Å². The van der Waals surface area contributed by atoms with Crippen molar-refractivity contribution in [2.24, 2.45) is 0 Å². The lowest BCUT2D eigenvalue weighted by Gasteiger charge is -1.98. The van der Waals surface area contributed by atoms with Crippen LogP contribution in [-0.4, -0.2) is 32.3 Å². The molecule has 1 heterocycles. The van der Waals surface area contributed by atoms with Gasteiger partial charge in [-0.2, -0.15) is 5.10 Å². The second-order valence-corrected chi connectivity index (χ2v) is 3.24. The van der Waals surface area contributed by atoms with E-state index in [0.717, 1.165) is 0 Å². The van der Waals surface area contributed by atoms with E-state index in [1.165, 1.54) is 0 Å². The number of H-pyrrole nitrogens is 1. The molecule has 0 aromatic carbocycles. The van der Waals surface area contributed by atoms with Gasteiger partial charge in [0.05, 0.1) is 18.5 Å². The minimum atomic E-state index is -0.948. The highest BCUT2D eigenvalue weighted by Crippen LogP contribution is 2.13. The number of aromatic amines is 1. The number of carboxylic acids is 2. The zero-order chi connectivity index (χ0) is 11.4. The smallest absolute Gasteiger partial charge is 0.307 e. The molecule has 0 amide bonds. The standard InChI is InChI=1S/C9H12N2O4/c1-5-6(4-9(14)15)7(11-10-5)2-3-8(12)13/h2-4H2,1H3,(H,10,11)(H,12,13)(H,14,15). The summed E-state index contributed by atoms with van der Waals surface area (Å²) in [6.07, 6.45) is 0.0798. The Hall–Kier alpha value is -1.85. The first kappa shape index (κ1) is 11.2. The highest BCUT2D eigenvalue weighted by molar-refractivity contribution is 5.71. The molecule has 0 fully saturated rings. The Kier molecular flexibility index (Phi) is 3.43. The predicted octanol–water partition coefficient (Wildman–Crippen LogP) is 0.362. The molecule has 1 aromatic heterocycles. The Morgan fingerprint density at radius 1 is 1.33 bits per heavy atom. The van der Waals surface area contributed by atoms with Gasteiger partial charge in [-0.3, -0.25) is 14.7 Å². The van der Waals surface area contributed by atoms with Gasteiger partial charge in [0.1, 0.15) is 0 Å². The van der Waals surface area contributed by atoms with E-state index < -0.39 is 11.9 Å². The van der Waals surface area contributed by atoms with Gasteiger partial charge < -0.3 is 10.2 Å². The molecule has 0 radical (unpaired) electrons. The summed E-state index contributed by atoms with van der Waals surface area (Å²) in [6.45, 7) is 1.72. The van der Waals surface area contributed by atoms with Crippen molar-refractivity contribution in [2.75, 3.05) is 0 Å². The molecule has 0 saturated carbocycles. The zero-order valence-corrected chi connectivity index (χ0v) is 8.28. The Morgan fingerprint density at radius 2 is 2.00 bits per heavy atom. The molecule has 0 aliphatic heterocycles. The van der Waals surface area contributed by atoms with Crippen molar-refractivity contribution in [3.8, 4) is 0 Å². The van der Waals surface area contributed by atoms with Crippen molar-refractivity contribution in [3.05, 3.63) is 17.0 Å². The third-order valence-electron chi connectivity index (χ3n) is 2.06. The lowest BCUT2D eigenvalue weighted by Crippen LogP contribution is -2.05. The van der Waals surface area contributed by atoms with Crippen LogP contribution in [0.2, 0.25) is 0 Å². The maximum Gasteiger partial charge on any atom is 0.307 e. The number of hydrogen-bond acceptors (Lipinski definition) is 3. The fourth-order valence-corrected chi connectivity index (χ4v) is 1.32. The number of rotatable bonds is 5. The quantitative estimate of drug-likeness (QED) is 0.653. The van der Waals surface area contributed by atoms with Crippen LogP contribution in [0.25, 0.3) is 0 Å². The fourth-order valence-electron chi connectivity index (χ4n) is 1.32. The van der Waals surface area contributed by atoms with Crippen LogP contribution in [0, 0.1) is 6.92 Å². The van der Waals surface area contributed by atoms with Crippen LogP contribution in [0.15, 0.2) is 0 Å². The molecule has 0 aliphatic rings. The summed E-state index contributed by atoms with van der Waals surface area (Å²) in [4.78, 5) is 20.9. The predicted molar refractivity (Wildman–Crippen MR) is 50.6 cm³/mol. The zero-order valence-electron chi connectivity index (χ0n) is 8.28. The molecular weight excluding hydrogens is 200 g/mol. The number of nitrogens with one attached hydrogen (secondary N) is 1. The number of aromatic nitrogens is 2. The second kappa shape index (κ2) is 4.59. The van der Waals surface area contributed by atoms with Crippen molar-refractivity contribution < 1.29 is 19.8 Å². The number of nitrogens with zero attached hydrogens (tertiary/aromatic N) is 1. The molecular formula is C9H12N2O4. The summed E-state index contributed by atoms with van der Waals surface area (Å²) in [5.41, 5.74) is 1.79. The van der Waals surface area contributed by atoms with Gasteiger partial charge in [0.2, 0.25) is 0 Å². The van der Waals surface area contributed by atoms with E-state index in [-0.39, 0.29) is 19.3 Å². The first-order valence-electron chi connectivity index (χ1n) is 4.47. The summed E-state index contributed by atoms with van der Waals surface area (Å²) >= 11 is 0. The van der Waals surface area contributed by atoms with E-state index >= 15 is 0 Å². The SMILES string of the molecule is Cc1[nH]nc(CCC(=O)O)c1CC(=O)O.